The molecule has 5 fully saturated rings. The minimum absolute atomic E-state index is 0.0675. The van der Waals surface area contributed by atoms with Crippen molar-refractivity contribution in [2.75, 3.05) is 11.6 Å². The second kappa shape index (κ2) is 9.23. The van der Waals surface area contributed by atoms with Crippen molar-refractivity contribution in [2.45, 2.75) is 94.7 Å². The van der Waals surface area contributed by atoms with Crippen LogP contribution in [-0.4, -0.2) is 77.3 Å². The van der Waals surface area contributed by atoms with Gasteiger partial charge in [0.05, 0.1) is 18.2 Å². The van der Waals surface area contributed by atoms with E-state index < -0.39 is 77.3 Å². The first-order chi connectivity index (χ1) is 20.1. The molecule has 0 spiro atoms. The second-order valence-electron chi connectivity index (χ2n) is 13.1. The molecule has 2 aromatic carbocycles. The van der Waals surface area contributed by atoms with E-state index in [1.165, 1.54) is 36.2 Å². The Balaban J connectivity index is 1.32. The zero-order valence-electron chi connectivity index (χ0n) is 24.4. The molecular weight excluding hydrogens is 569 g/mol. The number of aliphatic hydroxyl groups excluding tert-OH is 1. The summed E-state index contributed by atoms with van der Waals surface area (Å²) in [4.78, 5) is 14.3. The van der Waals surface area contributed by atoms with Crippen LogP contribution in [0, 0.1) is 11.3 Å². The first kappa shape index (κ1) is 29.1. The van der Waals surface area contributed by atoms with Crippen LogP contribution in [0.1, 0.15) is 40.2 Å². The lowest BCUT2D eigenvalue weighted by molar-refractivity contribution is -0.243. The summed E-state index contributed by atoms with van der Waals surface area (Å²) in [5.74, 6) is -4.31. The van der Waals surface area contributed by atoms with E-state index in [2.05, 4.69) is 0 Å². The monoisotopic (exact) mass is 604 g/mol. The highest BCUT2D eigenvalue weighted by Crippen LogP contribution is 2.79. The van der Waals surface area contributed by atoms with Crippen molar-refractivity contribution in [3.05, 3.63) is 66.2 Å². The van der Waals surface area contributed by atoms with E-state index in [1.807, 2.05) is 0 Å². The average molecular weight is 605 g/mol. The fourth-order valence-electron chi connectivity index (χ4n) is 7.97. The van der Waals surface area contributed by atoms with Crippen LogP contribution >= 0.6 is 0 Å². The predicted octanol–water partition coefficient (Wildman–Crippen LogP) is 4.10. The largest absolute Gasteiger partial charge is 0.399 e. The number of ether oxygens (including phenoxy) is 5. The maximum atomic E-state index is 15.3. The van der Waals surface area contributed by atoms with E-state index in [1.54, 1.807) is 64.1 Å². The zero-order valence-corrected chi connectivity index (χ0v) is 24.4. The molecule has 232 valence electrons. The summed E-state index contributed by atoms with van der Waals surface area (Å²) in [5.41, 5.74) is -4.25. The SMILES string of the molecule is CC1(C)O[C@@H]2OC(CN3[C@H](O)[C@@]4(C)[C@@H](C(=O)N3c3ccccc3)[C@]4(c3ccccc3)C(F)(F)F)[C@H]3OC(C)(C)O[C@@H]3[C@H]2O1. The number of hydrazine groups is 1. The van der Waals surface area contributed by atoms with Crippen molar-refractivity contribution >= 4 is 11.6 Å². The van der Waals surface area contributed by atoms with Crippen LogP contribution in [0.25, 0.3) is 0 Å². The Morgan fingerprint density at radius 2 is 1.37 bits per heavy atom. The number of rotatable bonds is 4. The van der Waals surface area contributed by atoms with Gasteiger partial charge >= 0.3 is 6.18 Å². The fraction of sp³-hybridized carbons (Fsp3) is 0.581. The van der Waals surface area contributed by atoms with Gasteiger partial charge in [-0.25, -0.2) is 5.01 Å². The third kappa shape index (κ3) is 4.00. The van der Waals surface area contributed by atoms with Crippen LogP contribution < -0.4 is 5.01 Å². The Kier molecular flexibility index (Phi) is 6.25. The number of amides is 1. The van der Waals surface area contributed by atoms with Gasteiger partial charge in [0, 0.05) is 5.41 Å². The van der Waals surface area contributed by atoms with Gasteiger partial charge in [-0.05, 0) is 45.4 Å². The zero-order chi connectivity index (χ0) is 30.7. The molecule has 1 unspecified atom stereocenters. The smallest absolute Gasteiger partial charge is 0.376 e. The van der Waals surface area contributed by atoms with Gasteiger partial charge in [0.1, 0.15) is 36.1 Å². The van der Waals surface area contributed by atoms with Gasteiger partial charge in [-0.3, -0.25) is 4.79 Å². The average Bonchev–Trinajstić information content (AvgIpc) is 3.19. The first-order valence-electron chi connectivity index (χ1n) is 14.4. The number of aliphatic hydroxyl groups is 1. The summed E-state index contributed by atoms with van der Waals surface area (Å²) in [6.45, 7) is 8.14. The first-order valence-corrected chi connectivity index (χ1v) is 14.4. The highest BCUT2D eigenvalue weighted by molar-refractivity contribution is 6.00. The van der Waals surface area contributed by atoms with Gasteiger partial charge in [-0.1, -0.05) is 55.5 Å². The summed E-state index contributed by atoms with van der Waals surface area (Å²) in [7, 11) is 0. The molecule has 1 saturated carbocycles. The van der Waals surface area contributed by atoms with Crippen molar-refractivity contribution < 1.29 is 46.8 Å². The van der Waals surface area contributed by atoms with E-state index in [0.29, 0.717) is 5.69 Å². The Morgan fingerprint density at radius 1 is 0.814 bits per heavy atom. The molecule has 4 aliphatic heterocycles. The van der Waals surface area contributed by atoms with Gasteiger partial charge in [-0.15, -0.1) is 0 Å². The van der Waals surface area contributed by atoms with E-state index in [0.717, 1.165) is 5.01 Å². The molecule has 4 saturated heterocycles. The number of fused-ring (bicyclic) bond motifs is 4. The highest BCUT2D eigenvalue weighted by atomic mass is 19.4. The molecule has 1 aliphatic carbocycles. The Labute approximate surface area is 247 Å². The number of carbonyl (C=O) groups is 1. The number of anilines is 1. The van der Waals surface area contributed by atoms with Crippen molar-refractivity contribution in [1.82, 2.24) is 5.01 Å². The van der Waals surface area contributed by atoms with E-state index in [4.69, 9.17) is 23.7 Å². The third-order valence-corrected chi connectivity index (χ3v) is 9.63. The number of halogens is 3. The third-order valence-electron chi connectivity index (χ3n) is 9.63. The number of hydrogen-bond donors (Lipinski definition) is 1. The topological polar surface area (TPSA) is 89.9 Å². The van der Waals surface area contributed by atoms with E-state index in [-0.39, 0.29) is 12.1 Å². The number of benzene rings is 2. The second-order valence-corrected chi connectivity index (χ2v) is 13.1. The van der Waals surface area contributed by atoms with Gasteiger partial charge < -0.3 is 28.8 Å². The van der Waals surface area contributed by atoms with Crippen LogP contribution in [0.2, 0.25) is 0 Å². The summed E-state index contributed by atoms with van der Waals surface area (Å²) in [6.07, 6.45) is -10.2. The number of alkyl halides is 3. The Bertz CT molecular complexity index is 1410. The molecule has 4 heterocycles. The number of carbonyl (C=O) groups excluding carboxylic acids is 1. The fourth-order valence-corrected chi connectivity index (χ4v) is 7.97. The molecule has 0 radical (unpaired) electrons. The van der Waals surface area contributed by atoms with Crippen LogP contribution in [0.5, 0.6) is 0 Å². The molecule has 0 bridgehead atoms. The minimum Gasteiger partial charge on any atom is -0.376 e. The molecule has 12 heteroatoms. The lowest BCUT2D eigenvalue weighted by atomic mass is 9.85. The van der Waals surface area contributed by atoms with Crippen molar-refractivity contribution in [3.63, 3.8) is 0 Å². The lowest BCUT2D eigenvalue weighted by Gasteiger charge is -2.47. The lowest BCUT2D eigenvalue weighted by Crippen LogP contribution is -2.65. The van der Waals surface area contributed by atoms with Crippen molar-refractivity contribution in [3.8, 4) is 0 Å². The number of para-hydroxylation sites is 1. The summed E-state index contributed by atoms with van der Waals surface area (Å²) in [5, 5.41) is 14.5. The molecule has 9 nitrogen and oxygen atoms in total. The molecule has 2 aromatic rings. The predicted molar refractivity (Wildman–Crippen MR) is 145 cm³/mol. The van der Waals surface area contributed by atoms with Crippen molar-refractivity contribution in [2.24, 2.45) is 11.3 Å². The number of nitrogens with zero attached hydrogens (tertiary/aromatic N) is 2. The molecule has 0 aromatic heterocycles. The van der Waals surface area contributed by atoms with Gasteiger partial charge in [-0.2, -0.15) is 18.2 Å². The Hall–Kier alpha value is -2.58. The standard InChI is InChI=1S/C31H35F3N2O7/c1-27(2)40-20-19(39-25-22(21(20)41-27)42-28(3,4)43-25)16-35-26(38)29(5)23(24(37)36(35)18-14-10-7-11-15-18)30(29,31(32,33)34)17-12-8-6-9-13-17/h6-15,19-23,25-26,38H,16H2,1-5H3/t19?,20-,21+,22-,23-,25+,26-,29-,30+/m1/s1. The van der Waals surface area contributed by atoms with Crippen LogP contribution in [0.3, 0.4) is 0 Å². The van der Waals surface area contributed by atoms with Crippen LogP contribution in [0.4, 0.5) is 18.9 Å². The molecule has 1 amide bonds. The molecule has 43 heavy (non-hydrogen) atoms. The molecule has 1 N–H and O–H groups in total. The quantitative estimate of drug-likeness (QED) is 0.558. The van der Waals surface area contributed by atoms with Gasteiger partial charge in [0.15, 0.2) is 17.9 Å². The van der Waals surface area contributed by atoms with Crippen molar-refractivity contribution in [1.29, 1.82) is 0 Å². The van der Waals surface area contributed by atoms with E-state index in [9.17, 15) is 9.90 Å². The van der Waals surface area contributed by atoms with Crippen LogP contribution in [0.15, 0.2) is 60.7 Å². The normalized spacial score (nSPS) is 41.5. The van der Waals surface area contributed by atoms with Crippen LogP contribution in [-0.2, 0) is 33.9 Å². The molecular formula is C31H35F3N2O7. The summed E-state index contributed by atoms with van der Waals surface area (Å²) < 4.78 is 76.7. The molecule has 7 rings (SSSR count). The maximum Gasteiger partial charge on any atom is 0.399 e. The minimum atomic E-state index is -4.84. The van der Waals surface area contributed by atoms with E-state index >= 15 is 13.2 Å². The summed E-state index contributed by atoms with van der Waals surface area (Å²) >= 11 is 0. The maximum absolute atomic E-state index is 15.3. The molecule has 5 aliphatic rings. The molecule has 9 atom stereocenters. The van der Waals surface area contributed by atoms with Gasteiger partial charge in [0.25, 0.3) is 0 Å². The Morgan fingerprint density at radius 3 is 2.00 bits per heavy atom. The van der Waals surface area contributed by atoms with Gasteiger partial charge in [0.2, 0.25) is 5.91 Å². The highest BCUT2D eigenvalue weighted by Gasteiger charge is 2.92. The number of hydrogen-bond acceptors (Lipinski definition) is 8. The summed E-state index contributed by atoms with van der Waals surface area (Å²) in [6, 6.07) is 15.7.